The molecule has 0 fully saturated rings. The molecule has 0 bridgehead atoms. The molecule has 0 atom stereocenters. The van der Waals surface area contributed by atoms with Gasteiger partial charge in [0.05, 0.1) is 0 Å². The highest BCUT2D eigenvalue weighted by Crippen LogP contribution is 2.16. The van der Waals surface area contributed by atoms with Crippen molar-refractivity contribution >= 4 is 12.4 Å². The van der Waals surface area contributed by atoms with Crippen LogP contribution in [0.2, 0.25) is 0 Å². The van der Waals surface area contributed by atoms with Crippen LogP contribution in [0.25, 0.3) is 0 Å². The molecule has 14 heavy (non-hydrogen) atoms. The number of halogens is 1. The molecule has 76 valence electrons. The fraction of sp³-hybridized carbons (Fsp3) is 0.273. The van der Waals surface area contributed by atoms with E-state index in [1.165, 1.54) is 0 Å². The first-order valence-corrected chi connectivity index (χ1v) is 4.17. The number of hydrogen-bond donors (Lipinski definition) is 1. The zero-order valence-electron chi connectivity index (χ0n) is 8.12. The van der Waals surface area contributed by atoms with Crippen molar-refractivity contribution < 1.29 is 4.74 Å². The van der Waals surface area contributed by atoms with Gasteiger partial charge in [-0.1, -0.05) is 24.1 Å². The molecule has 0 radical (unpaired) electrons. The average Bonchev–Trinajstić information content (AvgIpc) is 2.17. The number of terminal acetylenes is 1. The summed E-state index contributed by atoms with van der Waals surface area (Å²) in [4.78, 5) is 0. The van der Waals surface area contributed by atoms with E-state index in [9.17, 15) is 0 Å². The van der Waals surface area contributed by atoms with E-state index in [2.05, 4.69) is 11.2 Å². The van der Waals surface area contributed by atoms with E-state index in [1.807, 2.05) is 31.3 Å². The van der Waals surface area contributed by atoms with Crippen LogP contribution in [-0.4, -0.2) is 13.7 Å². The minimum absolute atomic E-state index is 0. The van der Waals surface area contributed by atoms with Crippen molar-refractivity contribution in [3.63, 3.8) is 0 Å². The third-order valence-corrected chi connectivity index (χ3v) is 1.65. The summed E-state index contributed by atoms with van der Waals surface area (Å²) in [5.41, 5.74) is 1.13. The molecule has 3 heteroatoms. The first-order valence-electron chi connectivity index (χ1n) is 4.17. The van der Waals surface area contributed by atoms with Crippen LogP contribution in [-0.2, 0) is 6.54 Å². The van der Waals surface area contributed by atoms with E-state index < -0.39 is 0 Å². The number of benzene rings is 1. The van der Waals surface area contributed by atoms with Crippen molar-refractivity contribution in [2.75, 3.05) is 13.7 Å². The molecule has 1 rings (SSSR count). The quantitative estimate of drug-likeness (QED) is 0.768. The number of rotatable bonds is 4. The van der Waals surface area contributed by atoms with Gasteiger partial charge in [0.1, 0.15) is 12.4 Å². The summed E-state index contributed by atoms with van der Waals surface area (Å²) in [6, 6.07) is 7.85. The van der Waals surface area contributed by atoms with Gasteiger partial charge < -0.3 is 10.1 Å². The molecule has 0 spiro atoms. The molecule has 1 aromatic carbocycles. The first kappa shape index (κ1) is 12.8. The average molecular weight is 212 g/mol. The lowest BCUT2D eigenvalue weighted by molar-refractivity contribution is 0.365. The Balaban J connectivity index is 0.00000169. The molecular weight excluding hydrogens is 198 g/mol. The molecule has 0 aliphatic heterocycles. The molecule has 0 aliphatic rings. The highest BCUT2D eigenvalue weighted by atomic mass is 35.5. The van der Waals surface area contributed by atoms with Crippen LogP contribution in [0.1, 0.15) is 5.56 Å². The molecule has 0 aliphatic carbocycles. The predicted molar refractivity (Wildman–Crippen MR) is 60.8 cm³/mol. The van der Waals surface area contributed by atoms with E-state index in [0.29, 0.717) is 6.61 Å². The summed E-state index contributed by atoms with van der Waals surface area (Å²) in [6.07, 6.45) is 5.11. The van der Waals surface area contributed by atoms with Crippen molar-refractivity contribution in [2.45, 2.75) is 6.54 Å². The summed E-state index contributed by atoms with van der Waals surface area (Å²) in [5.74, 6) is 3.30. The zero-order chi connectivity index (χ0) is 9.52. The fourth-order valence-corrected chi connectivity index (χ4v) is 1.10. The predicted octanol–water partition coefficient (Wildman–Crippen LogP) is 1.84. The van der Waals surface area contributed by atoms with Gasteiger partial charge >= 0.3 is 0 Å². The molecule has 0 amide bonds. The van der Waals surface area contributed by atoms with Gasteiger partial charge in [-0.2, -0.15) is 0 Å². The summed E-state index contributed by atoms with van der Waals surface area (Å²) in [5, 5.41) is 3.07. The third-order valence-electron chi connectivity index (χ3n) is 1.65. The van der Waals surface area contributed by atoms with Gasteiger partial charge in [-0.15, -0.1) is 18.8 Å². The highest BCUT2D eigenvalue weighted by molar-refractivity contribution is 5.85. The molecular formula is C11H14ClNO. The van der Waals surface area contributed by atoms with E-state index >= 15 is 0 Å². The van der Waals surface area contributed by atoms with Gasteiger partial charge in [-0.25, -0.2) is 0 Å². The maximum absolute atomic E-state index is 5.36. The van der Waals surface area contributed by atoms with E-state index in [4.69, 9.17) is 11.2 Å². The minimum Gasteiger partial charge on any atom is -0.481 e. The number of nitrogens with one attached hydrogen (secondary N) is 1. The highest BCUT2D eigenvalue weighted by Gasteiger charge is 1.99. The maximum atomic E-state index is 5.36. The second-order valence-electron chi connectivity index (χ2n) is 2.63. The number of ether oxygens (including phenoxy) is 1. The molecule has 0 aromatic heterocycles. The van der Waals surface area contributed by atoms with Crippen molar-refractivity contribution in [1.29, 1.82) is 0 Å². The van der Waals surface area contributed by atoms with Crippen molar-refractivity contribution in [3.05, 3.63) is 29.8 Å². The van der Waals surface area contributed by atoms with Crippen molar-refractivity contribution in [1.82, 2.24) is 5.32 Å². The summed E-state index contributed by atoms with van der Waals surface area (Å²) in [7, 11) is 1.90. The molecule has 0 unspecified atom stereocenters. The lowest BCUT2D eigenvalue weighted by atomic mass is 10.2. The Labute approximate surface area is 91.1 Å². The van der Waals surface area contributed by atoms with E-state index in [1.54, 1.807) is 0 Å². The Morgan fingerprint density at radius 3 is 2.79 bits per heavy atom. The maximum Gasteiger partial charge on any atom is 0.148 e. The van der Waals surface area contributed by atoms with Crippen LogP contribution in [0.5, 0.6) is 5.75 Å². The molecule has 0 saturated carbocycles. The van der Waals surface area contributed by atoms with Gasteiger partial charge in [0.25, 0.3) is 0 Å². The van der Waals surface area contributed by atoms with Gasteiger partial charge in [0.15, 0.2) is 0 Å². The number of para-hydroxylation sites is 1. The molecule has 0 heterocycles. The topological polar surface area (TPSA) is 21.3 Å². The van der Waals surface area contributed by atoms with Crippen molar-refractivity contribution in [3.8, 4) is 18.1 Å². The zero-order valence-corrected chi connectivity index (χ0v) is 8.93. The Bertz CT molecular complexity index is 306. The first-order chi connectivity index (χ1) is 6.38. The van der Waals surface area contributed by atoms with Crippen LogP contribution >= 0.6 is 12.4 Å². The lowest BCUT2D eigenvalue weighted by Crippen LogP contribution is -2.07. The van der Waals surface area contributed by atoms with Crippen LogP contribution < -0.4 is 10.1 Å². The second kappa shape index (κ2) is 7.25. The number of hydrogen-bond acceptors (Lipinski definition) is 2. The Morgan fingerprint density at radius 1 is 1.43 bits per heavy atom. The standard InChI is InChI=1S/C11H13NO.ClH/c1-3-8-13-11-7-5-4-6-10(11)9-12-2;/h1,4-7,12H,8-9H2,2H3;1H. The van der Waals surface area contributed by atoms with Gasteiger partial charge in [0.2, 0.25) is 0 Å². The largest absolute Gasteiger partial charge is 0.481 e. The Kier molecular flexibility index (Phi) is 6.65. The monoisotopic (exact) mass is 211 g/mol. The van der Waals surface area contributed by atoms with Crippen LogP contribution in [0, 0.1) is 12.3 Å². The van der Waals surface area contributed by atoms with Crippen LogP contribution in [0.15, 0.2) is 24.3 Å². The molecule has 2 nitrogen and oxygen atoms in total. The smallest absolute Gasteiger partial charge is 0.148 e. The van der Waals surface area contributed by atoms with Crippen LogP contribution in [0.4, 0.5) is 0 Å². The second-order valence-corrected chi connectivity index (χ2v) is 2.63. The van der Waals surface area contributed by atoms with E-state index in [-0.39, 0.29) is 12.4 Å². The van der Waals surface area contributed by atoms with Gasteiger partial charge in [0, 0.05) is 12.1 Å². The third kappa shape index (κ3) is 3.69. The molecule has 1 N–H and O–H groups in total. The summed E-state index contributed by atoms with van der Waals surface area (Å²) < 4.78 is 5.36. The normalized spacial score (nSPS) is 8.57. The van der Waals surface area contributed by atoms with Gasteiger partial charge in [-0.3, -0.25) is 0 Å². The minimum atomic E-state index is 0. The fourth-order valence-electron chi connectivity index (χ4n) is 1.10. The molecule has 0 saturated heterocycles. The summed E-state index contributed by atoms with van der Waals surface area (Å²) in [6.45, 7) is 1.11. The lowest BCUT2D eigenvalue weighted by Gasteiger charge is -2.08. The Morgan fingerprint density at radius 2 is 2.14 bits per heavy atom. The Hall–Kier alpha value is -1.17. The SMILES string of the molecule is C#CCOc1ccccc1CNC.Cl. The van der Waals surface area contributed by atoms with E-state index in [0.717, 1.165) is 17.9 Å². The van der Waals surface area contributed by atoms with Crippen LogP contribution in [0.3, 0.4) is 0 Å². The van der Waals surface area contributed by atoms with Crippen molar-refractivity contribution in [2.24, 2.45) is 0 Å². The summed E-state index contributed by atoms with van der Waals surface area (Å²) >= 11 is 0. The van der Waals surface area contributed by atoms with Gasteiger partial charge in [-0.05, 0) is 13.1 Å². The molecule has 1 aromatic rings.